The van der Waals surface area contributed by atoms with Gasteiger partial charge in [0, 0.05) is 5.92 Å². The summed E-state index contributed by atoms with van der Waals surface area (Å²) in [5, 5.41) is 51.8. The lowest BCUT2D eigenvalue weighted by atomic mass is 9.33. The van der Waals surface area contributed by atoms with Crippen LogP contribution < -0.4 is 0 Å². The van der Waals surface area contributed by atoms with Gasteiger partial charge in [-0.3, -0.25) is 9.59 Å². The fourth-order valence-corrected chi connectivity index (χ4v) is 12.7. The molecule has 5 aliphatic carbocycles. The van der Waals surface area contributed by atoms with Gasteiger partial charge in [0.25, 0.3) is 0 Å². The molecule has 6 aliphatic rings. The molecule has 0 radical (unpaired) electrons. The number of carboxylic acid groups (broad SMARTS) is 1. The van der Waals surface area contributed by atoms with Crippen molar-refractivity contribution < 1.29 is 39.9 Å². The zero-order chi connectivity index (χ0) is 33.1. The number of hydrogen-bond acceptors (Lipinski definition) is 7. The molecule has 1 saturated heterocycles. The van der Waals surface area contributed by atoms with E-state index in [2.05, 4.69) is 54.5 Å². The third-order valence-corrected chi connectivity index (χ3v) is 15.6. The summed E-state index contributed by atoms with van der Waals surface area (Å²) in [7, 11) is 0. The van der Waals surface area contributed by atoms with Crippen LogP contribution in [0, 0.1) is 56.2 Å². The van der Waals surface area contributed by atoms with Gasteiger partial charge >= 0.3 is 5.97 Å². The molecule has 5 N–H and O–H groups in total. The quantitative estimate of drug-likeness (QED) is 0.276. The molecule has 4 saturated carbocycles. The Bertz CT molecular complexity index is 1250. The third kappa shape index (κ3) is 4.47. The summed E-state index contributed by atoms with van der Waals surface area (Å²) in [6.07, 6.45) is 4.19. The van der Waals surface area contributed by atoms with Crippen molar-refractivity contribution in [1.82, 2.24) is 0 Å². The molecule has 254 valence electrons. The van der Waals surface area contributed by atoms with Crippen LogP contribution in [0.3, 0.4) is 0 Å². The molecular weight excluding hydrogens is 572 g/mol. The molecule has 1 heterocycles. The molecule has 0 bridgehead atoms. The van der Waals surface area contributed by atoms with Crippen LogP contribution in [-0.4, -0.2) is 74.4 Å². The van der Waals surface area contributed by atoms with Gasteiger partial charge in [0.2, 0.25) is 0 Å². The van der Waals surface area contributed by atoms with E-state index in [-0.39, 0.29) is 45.2 Å². The Hall–Kier alpha value is -1.32. The minimum atomic E-state index is -1.56. The zero-order valence-corrected chi connectivity index (χ0v) is 28.5. The SMILES string of the molecule is CC1(C)CC[C@]2(C(=O)O)CC[C@]3(C)C(=CCC4[C@@]5(C)CC[C@H](C(=O)[C@H]6OC(CO)[C@@H](O)[C@H](O)C6O)C(C)(C)C5CC[C@]43C)C2C1. The van der Waals surface area contributed by atoms with Crippen molar-refractivity contribution in [3.8, 4) is 0 Å². The molecule has 8 heteroatoms. The number of allylic oxidation sites excluding steroid dienone is 2. The first-order chi connectivity index (χ1) is 20.8. The van der Waals surface area contributed by atoms with E-state index in [9.17, 15) is 35.1 Å². The molecule has 8 nitrogen and oxygen atoms in total. The van der Waals surface area contributed by atoms with Crippen LogP contribution in [0.15, 0.2) is 11.6 Å². The molecule has 0 aromatic heterocycles. The number of carboxylic acids is 1. The van der Waals surface area contributed by atoms with Gasteiger partial charge in [-0.25, -0.2) is 0 Å². The summed E-state index contributed by atoms with van der Waals surface area (Å²) in [5.74, 6) is -0.523. The number of ether oxygens (including phenoxy) is 1. The molecule has 0 spiro atoms. The second-order valence-corrected chi connectivity index (χ2v) is 18.2. The highest BCUT2D eigenvalue weighted by Crippen LogP contribution is 2.76. The van der Waals surface area contributed by atoms with Gasteiger partial charge in [0.1, 0.15) is 30.5 Å². The summed E-state index contributed by atoms with van der Waals surface area (Å²) in [5.41, 5.74) is 0.396. The van der Waals surface area contributed by atoms with Crippen LogP contribution in [0.5, 0.6) is 0 Å². The van der Waals surface area contributed by atoms with Gasteiger partial charge in [-0.15, -0.1) is 0 Å². The molecule has 0 aromatic rings. The Morgan fingerprint density at radius 2 is 1.51 bits per heavy atom. The monoisotopic (exact) mass is 630 g/mol. The maximum absolute atomic E-state index is 14.1. The topological polar surface area (TPSA) is 145 Å². The lowest BCUT2D eigenvalue weighted by molar-refractivity contribution is -0.233. The molecule has 0 aromatic carbocycles. The minimum Gasteiger partial charge on any atom is -0.481 e. The Labute approximate surface area is 269 Å². The molecule has 13 atom stereocenters. The van der Waals surface area contributed by atoms with Crippen molar-refractivity contribution in [1.29, 1.82) is 0 Å². The Morgan fingerprint density at radius 1 is 0.844 bits per heavy atom. The van der Waals surface area contributed by atoms with E-state index in [0.717, 1.165) is 57.8 Å². The molecule has 5 fully saturated rings. The number of aliphatic carboxylic acids is 1. The van der Waals surface area contributed by atoms with Crippen LogP contribution in [0.25, 0.3) is 0 Å². The van der Waals surface area contributed by atoms with Gasteiger partial charge < -0.3 is 30.3 Å². The third-order valence-electron chi connectivity index (χ3n) is 15.6. The van der Waals surface area contributed by atoms with E-state index in [4.69, 9.17) is 4.74 Å². The fraction of sp³-hybridized carbons (Fsp3) is 0.892. The van der Waals surface area contributed by atoms with Crippen molar-refractivity contribution in [3.05, 3.63) is 11.6 Å². The van der Waals surface area contributed by atoms with Gasteiger partial charge in [-0.2, -0.15) is 0 Å². The second kappa shape index (κ2) is 10.6. The normalized spacial score (nSPS) is 51.9. The van der Waals surface area contributed by atoms with E-state index < -0.39 is 53.9 Å². The molecule has 5 unspecified atom stereocenters. The lowest BCUT2D eigenvalue weighted by Crippen LogP contribution is -2.66. The molecule has 1 aliphatic heterocycles. The average molecular weight is 631 g/mol. The van der Waals surface area contributed by atoms with Gasteiger partial charge in [0.15, 0.2) is 5.78 Å². The highest BCUT2D eigenvalue weighted by Gasteiger charge is 2.70. The van der Waals surface area contributed by atoms with E-state index >= 15 is 0 Å². The summed E-state index contributed by atoms with van der Waals surface area (Å²) in [6, 6.07) is 0. The number of hydrogen-bond donors (Lipinski definition) is 5. The van der Waals surface area contributed by atoms with E-state index in [1.54, 1.807) is 0 Å². The predicted octanol–water partition coefficient (Wildman–Crippen LogP) is 4.90. The molecule has 6 rings (SSSR count). The van der Waals surface area contributed by atoms with E-state index in [0.29, 0.717) is 12.3 Å². The summed E-state index contributed by atoms with van der Waals surface area (Å²) >= 11 is 0. The lowest BCUT2D eigenvalue weighted by Gasteiger charge is -2.71. The van der Waals surface area contributed by atoms with Crippen molar-refractivity contribution in [2.24, 2.45) is 56.2 Å². The average Bonchev–Trinajstić information content (AvgIpc) is 2.95. The van der Waals surface area contributed by atoms with Crippen LogP contribution >= 0.6 is 0 Å². The maximum Gasteiger partial charge on any atom is 0.310 e. The highest BCUT2D eigenvalue weighted by molar-refractivity contribution is 5.87. The van der Waals surface area contributed by atoms with Crippen LogP contribution in [-0.2, 0) is 14.3 Å². The molecule has 45 heavy (non-hydrogen) atoms. The van der Waals surface area contributed by atoms with Crippen molar-refractivity contribution >= 4 is 11.8 Å². The number of aliphatic hydroxyl groups is 4. The summed E-state index contributed by atoms with van der Waals surface area (Å²) in [6.45, 7) is 15.8. The number of carbonyl (C=O) groups excluding carboxylic acids is 1. The highest BCUT2D eigenvalue weighted by atomic mass is 16.5. The minimum absolute atomic E-state index is 0.0127. The van der Waals surface area contributed by atoms with Gasteiger partial charge in [0.05, 0.1) is 12.0 Å². The predicted molar refractivity (Wildman–Crippen MR) is 169 cm³/mol. The Kier molecular flexibility index (Phi) is 7.90. The smallest absolute Gasteiger partial charge is 0.310 e. The Morgan fingerprint density at radius 3 is 2.16 bits per heavy atom. The largest absolute Gasteiger partial charge is 0.481 e. The first-order valence-electron chi connectivity index (χ1n) is 17.6. The van der Waals surface area contributed by atoms with Crippen LogP contribution in [0.1, 0.15) is 113 Å². The standard InChI is InChI=1S/C37H58O8/c1-32(2)14-16-37(31(43)44)17-15-35(6)20(22(37)18-32)8-9-25-34(5)12-10-21(33(3,4)24(34)11-13-36(25,35)7)26(39)30-29(42)28(41)27(40)23(19-38)45-30/h8,21-25,27-30,38,40-42H,9-19H2,1-7H3,(H,43,44)/t21-,22?,23?,24?,25?,27-,28+,29?,30-,34+,35-,36-,37+/m1/s1. The summed E-state index contributed by atoms with van der Waals surface area (Å²) < 4.78 is 5.75. The molecular formula is C37H58O8. The first-order valence-corrected chi connectivity index (χ1v) is 17.6. The number of ketones is 1. The van der Waals surface area contributed by atoms with Crippen LogP contribution in [0.2, 0.25) is 0 Å². The Balaban J connectivity index is 1.31. The molecule has 0 amide bonds. The van der Waals surface area contributed by atoms with Gasteiger partial charge in [-0.05, 0) is 109 Å². The van der Waals surface area contributed by atoms with Crippen molar-refractivity contribution in [3.63, 3.8) is 0 Å². The number of fused-ring (bicyclic) bond motifs is 7. The zero-order valence-electron chi connectivity index (χ0n) is 28.5. The van der Waals surface area contributed by atoms with Crippen molar-refractivity contribution in [2.45, 2.75) is 143 Å². The van der Waals surface area contributed by atoms with Gasteiger partial charge in [-0.1, -0.05) is 60.1 Å². The summed E-state index contributed by atoms with van der Waals surface area (Å²) in [4.78, 5) is 27.1. The van der Waals surface area contributed by atoms with E-state index in [1.165, 1.54) is 5.57 Å². The van der Waals surface area contributed by atoms with Crippen molar-refractivity contribution in [2.75, 3.05) is 6.61 Å². The second-order valence-electron chi connectivity index (χ2n) is 18.2. The number of rotatable bonds is 4. The first kappa shape index (κ1) is 33.6. The van der Waals surface area contributed by atoms with E-state index in [1.807, 2.05) is 0 Å². The number of Topliss-reactive ketones (excluding diaryl/α,β-unsaturated/α-hetero) is 1. The maximum atomic E-state index is 14.1. The van der Waals surface area contributed by atoms with Crippen LogP contribution in [0.4, 0.5) is 0 Å². The number of aliphatic hydroxyl groups excluding tert-OH is 4. The fourth-order valence-electron chi connectivity index (χ4n) is 12.7. The number of carbonyl (C=O) groups is 2.